The fourth-order valence-electron chi connectivity index (χ4n) is 1.33. The Hall–Kier alpha value is -0.370. The molecule has 9 heavy (non-hydrogen) atoms. The summed E-state index contributed by atoms with van der Waals surface area (Å²) in [6, 6.07) is 0. The maximum absolute atomic E-state index is 10.6. The van der Waals surface area contributed by atoms with Crippen LogP contribution >= 0.6 is 0 Å². The van der Waals surface area contributed by atoms with Gasteiger partial charge in [-0.2, -0.15) is 0 Å². The van der Waals surface area contributed by atoms with Gasteiger partial charge in [0.1, 0.15) is 5.78 Å². The molecule has 0 amide bonds. The van der Waals surface area contributed by atoms with Gasteiger partial charge in [-0.1, -0.05) is 12.8 Å². The van der Waals surface area contributed by atoms with E-state index in [0.29, 0.717) is 11.7 Å². The van der Waals surface area contributed by atoms with Crippen molar-refractivity contribution in [2.75, 3.05) is 0 Å². The molecule has 0 N–H and O–H groups in total. The molecule has 1 rings (SSSR count). The van der Waals surface area contributed by atoms with Crippen LogP contribution in [-0.4, -0.2) is 5.78 Å². The fourth-order valence-corrected chi connectivity index (χ4v) is 1.33. The Morgan fingerprint density at radius 3 is 2.00 bits per heavy atom. The van der Waals surface area contributed by atoms with Crippen molar-refractivity contribution in [2.24, 2.45) is 5.92 Å². The molecule has 2 heteroatoms. The summed E-state index contributed by atoms with van der Waals surface area (Å²) in [4.78, 5) is 10.6. The van der Waals surface area contributed by atoms with Gasteiger partial charge < -0.3 is 0 Å². The van der Waals surface area contributed by atoms with Crippen molar-refractivity contribution < 1.29 is 4.79 Å². The van der Waals surface area contributed by atoms with Gasteiger partial charge in [0.05, 0.1) is 0 Å². The molecule has 0 saturated heterocycles. The van der Waals surface area contributed by atoms with Crippen LogP contribution in [-0.2, 0) is 4.79 Å². The molecule has 0 heterocycles. The molecule has 2 nitrogen and oxygen atoms in total. The van der Waals surface area contributed by atoms with E-state index in [9.17, 15) is 4.79 Å². The largest absolute Gasteiger partial charge is 0.300 e. The number of Topliss-reactive ketones (excluding diaryl/α,β-unsaturated/α-hetero) is 1. The van der Waals surface area contributed by atoms with Crippen molar-refractivity contribution in [1.82, 2.24) is 6.15 Å². The van der Waals surface area contributed by atoms with Crippen LogP contribution in [0.3, 0.4) is 0 Å². The van der Waals surface area contributed by atoms with Gasteiger partial charge in [-0.15, -0.1) is 0 Å². The standard InChI is InChI=1S/C7H12O.N/c1-6(8)7-4-2-3-5-7;/h7H,2-5H2,1H3;. The van der Waals surface area contributed by atoms with Gasteiger partial charge in [-0.3, -0.25) is 4.79 Å². The number of hydrogen-bond acceptors (Lipinski definition) is 1. The van der Waals surface area contributed by atoms with Gasteiger partial charge >= 0.3 is 0 Å². The van der Waals surface area contributed by atoms with Gasteiger partial charge in [0, 0.05) is 12.1 Å². The third-order valence-electron chi connectivity index (χ3n) is 1.93. The molecule has 1 fully saturated rings. The summed E-state index contributed by atoms with van der Waals surface area (Å²) in [7, 11) is 0. The fraction of sp³-hybridized carbons (Fsp3) is 0.857. The van der Waals surface area contributed by atoms with E-state index in [1.807, 2.05) is 0 Å². The van der Waals surface area contributed by atoms with Crippen LogP contribution in [0.25, 0.3) is 0 Å². The predicted molar refractivity (Wildman–Crippen MR) is 34.8 cm³/mol. The second kappa shape index (κ2) is 3.62. The molecular formula is C7H12NO. The molecule has 0 aliphatic heterocycles. The Bertz CT molecular complexity index is 95.1. The zero-order valence-corrected chi connectivity index (χ0v) is 5.76. The van der Waals surface area contributed by atoms with Crippen LogP contribution in [0.2, 0.25) is 0 Å². The topological polar surface area (TPSA) is 47.6 Å². The van der Waals surface area contributed by atoms with Crippen LogP contribution in [0.4, 0.5) is 0 Å². The van der Waals surface area contributed by atoms with Gasteiger partial charge in [0.2, 0.25) is 0 Å². The summed E-state index contributed by atoms with van der Waals surface area (Å²) in [5.74, 6) is 0.817. The molecule has 1 saturated carbocycles. The van der Waals surface area contributed by atoms with Gasteiger partial charge in [0.15, 0.2) is 0 Å². The molecule has 0 atom stereocenters. The van der Waals surface area contributed by atoms with Crippen LogP contribution in [0, 0.1) is 5.92 Å². The van der Waals surface area contributed by atoms with Crippen molar-refractivity contribution in [1.29, 1.82) is 0 Å². The monoisotopic (exact) mass is 126 g/mol. The Morgan fingerprint density at radius 2 is 1.78 bits per heavy atom. The van der Waals surface area contributed by atoms with E-state index < -0.39 is 0 Å². The first-order valence-corrected chi connectivity index (χ1v) is 3.31. The highest BCUT2D eigenvalue weighted by molar-refractivity contribution is 5.78. The second-order valence-corrected chi connectivity index (χ2v) is 2.59. The summed E-state index contributed by atoms with van der Waals surface area (Å²) in [5.41, 5.74) is 0. The van der Waals surface area contributed by atoms with Crippen molar-refractivity contribution in [2.45, 2.75) is 32.6 Å². The van der Waals surface area contributed by atoms with Gasteiger partial charge in [-0.05, 0) is 19.8 Å². The number of carbonyl (C=O) groups excluding carboxylic acids is 1. The molecule has 3 radical (unpaired) electrons. The normalized spacial score (nSPS) is 19.2. The highest BCUT2D eigenvalue weighted by Gasteiger charge is 2.18. The Balaban J connectivity index is 0.000000640. The molecule has 0 bridgehead atoms. The Labute approximate surface area is 56.2 Å². The van der Waals surface area contributed by atoms with E-state index in [-0.39, 0.29) is 6.15 Å². The van der Waals surface area contributed by atoms with Crippen molar-refractivity contribution in [3.8, 4) is 0 Å². The van der Waals surface area contributed by atoms with Crippen LogP contribution < -0.4 is 6.15 Å². The first-order valence-electron chi connectivity index (χ1n) is 3.31. The van der Waals surface area contributed by atoms with Gasteiger partial charge in [-0.25, -0.2) is 0 Å². The minimum atomic E-state index is 0. The second-order valence-electron chi connectivity index (χ2n) is 2.59. The first kappa shape index (κ1) is 8.63. The maximum atomic E-state index is 10.6. The minimum absolute atomic E-state index is 0. The number of rotatable bonds is 1. The summed E-state index contributed by atoms with van der Waals surface area (Å²) in [6.07, 6.45) is 4.83. The highest BCUT2D eigenvalue weighted by Crippen LogP contribution is 2.24. The lowest BCUT2D eigenvalue weighted by Gasteiger charge is -1.99. The molecule has 1 aliphatic carbocycles. The smallest absolute Gasteiger partial charge is 0.132 e. The SMILES string of the molecule is CC(=O)C1CCCC1.[N]. The van der Waals surface area contributed by atoms with Gasteiger partial charge in [0.25, 0.3) is 0 Å². The van der Waals surface area contributed by atoms with E-state index >= 15 is 0 Å². The highest BCUT2D eigenvalue weighted by atomic mass is 16.1. The van der Waals surface area contributed by atoms with Crippen molar-refractivity contribution in [3.05, 3.63) is 0 Å². The number of ketones is 1. The third-order valence-corrected chi connectivity index (χ3v) is 1.93. The molecule has 0 unspecified atom stereocenters. The minimum Gasteiger partial charge on any atom is -0.300 e. The Morgan fingerprint density at radius 1 is 1.33 bits per heavy atom. The first-order chi connectivity index (χ1) is 3.80. The van der Waals surface area contributed by atoms with Crippen LogP contribution in [0.1, 0.15) is 32.6 Å². The number of nitrogens with zero attached hydrogens (tertiary/aromatic N) is 1. The lowest BCUT2D eigenvalue weighted by molar-refractivity contribution is -0.120. The predicted octanol–water partition coefficient (Wildman–Crippen LogP) is 1.28. The maximum Gasteiger partial charge on any atom is 0.132 e. The molecule has 0 spiro atoms. The third kappa shape index (κ3) is 2.14. The molecule has 51 valence electrons. The van der Waals surface area contributed by atoms with Crippen LogP contribution in [0.15, 0.2) is 0 Å². The molecular weight excluding hydrogens is 114 g/mol. The molecule has 0 aromatic rings. The zero-order valence-electron chi connectivity index (χ0n) is 5.76. The lowest BCUT2D eigenvalue weighted by atomic mass is 10.0. The molecule has 0 aromatic heterocycles. The Kier molecular flexibility index (Phi) is 3.47. The van der Waals surface area contributed by atoms with E-state index in [1.165, 1.54) is 12.8 Å². The van der Waals surface area contributed by atoms with E-state index in [4.69, 9.17) is 0 Å². The van der Waals surface area contributed by atoms with Crippen molar-refractivity contribution in [3.63, 3.8) is 0 Å². The van der Waals surface area contributed by atoms with Crippen molar-refractivity contribution >= 4 is 5.78 Å². The summed E-state index contributed by atoms with van der Waals surface area (Å²) in [6.45, 7) is 1.70. The number of hydrogen-bond donors (Lipinski definition) is 0. The van der Waals surface area contributed by atoms with E-state index in [2.05, 4.69) is 0 Å². The van der Waals surface area contributed by atoms with E-state index in [0.717, 1.165) is 12.8 Å². The summed E-state index contributed by atoms with van der Waals surface area (Å²) >= 11 is 0. The number of carbonyl (C=O) groups is 1. The summed E-state index contributed by atoms with van der Waals surface area (Å²) < 4.78 is 0. The van der Waals surface area contributed by atoms with Crippen LogP contribution in [0.5, 0.6) is 0 Å². The quantitative estimate of drug-likeness (QED) is 0.522. The molecule has 0 aromatic carbocycles. The zero-order chi connectivity index (χ0) is 5.98. The summed E-state index contributed by atoms with van der Waals surface area (Å²) in [5, 5.41) is 0. The lowest BCUT2D eigenvalue weighted by Crippen LogP contribution is -2.04. The molecule has 1 aliphatic rings. The average molecular weight is 126 g/mol. The van der Waals surface area contributed by atoms with E-state index in [1.54, 1.807) is 6.92 Å². The average Bonchev–Trinajstić information content (AvgIpc) is 2.12.